The van der Waals surface area contributed by atoms with Gasteiger partial charge in [-0.1, -0.05) is 24.3 Å². The van der Waals surface area contributed by atoms with E-state index in [2.05, 4.69) is 30.6 Å². The summed E-state index contributed by atoms with van der Waals surface area (Å²) in [7, 11) is -3.47. The van der Waals surface area contributed by atoms with Crippen LogP contribution in [0.1, 0.15) is 73.5 Å². The molecule has 2 aliphatic heterocycles. The number of sulfone groups is 1. The summed E-state index contributed by atoms with van der Waals surface area (Å²) in [5, 5.41) is 14.5. The smallest absolute Gasteiger partial charge is 1.00 e. The van der Waals surface area contributed by atoms with Crippen LogP contribution in [-0.4, -0.2) is 112 Å². The van der Waals surface area contributed by atoms with Crippen molar-refractivity contribution in [1.29, 1.82) is 0 Å². The monoisotopic (exact) mass is 888 g/mol. The van der Waals surface area contributed by atoms with Crippen LogP contribution in [0.15, 0.2) is 90.7 Å². The SMILES string of the molecule is CS(=O)(=O)c1nccn2c(-c3ccc(C(=O)NC4CC4)cc3)cnc12.O=C(NC1CC1)c1ccc(-c2cnc3c(OCC4CCOCC4)nccn23)cc1.OCC1CCOCC1.[H-].[Na+]. The first-order valence-electron chi connectivity index (χ1n) is 21.2. The molecule has 6 aromatic rings. The van der Waals surface area contributed by atoms with Crippen molar-refractivity contribution in [3.8, 4) is 28.4 Å². The fourth-order valence-corrected chi connectivity index (χ4v) is 7.93. The number of amides is 2. The molecular weight excluding hydrogens is 836 g/mol. The summed E-state index contributed by atoms with van der Waals surface area (Å²) in [5.41, 5.74) is 5.76. The van der Waals surface area contributed by atoms with E-state index >= 15 is 0 Å². The van der Waals surface area contributed by atoms with Crippen molar-refractivity contribution in [1.82, 2.24) is 39.4 Å². The zero-order chi connectivity index (χ0) is 43.1. The minimum Gasteiger partial charge on any atom is -1.00 e. The molecule has 2 aromatic carbocycles. The first-order chi connectivity index (χ1) is 30.1. The van der Waals surface area contributed by atoms with Crippen molar-refractivity contribution >= 4 is 32.9 Å². The number of imidazole rings is 2. The minimum atomic E-state index is -3.47. The summed E-state index contributed by atoms with van der Waals surface area (Å²) < 4.78 is 43.8. The Balaban J connectivity index is 0.000000178. The molecule has 0 spiro atoms. The predicted octanol–water partition coefficient (Wildman–Crippen LogP) is 2.31. The summed E-state index contributed by atoms with van der Waals surface area (Å²) >= 11 is 0. The van der Waals surface area contributed by atoms with Gasteiger partial charge >= 0.3 is 29.6 Å². The molecule has 63 heavy (non-hydrogen) atoms. The van der Waals surface area contributed by atoms with E-state index in [4.69, 9.17) is 19.3 Å². The van der Waals surface area contributed by atoms with Gasteiger partial charge in [0.15, 0.2) is 20.5 Å². The molecule has 18 heteroatoms. The van der Waals surface area contributed by atoms with Crippen molar-refractivity contribution in [3.63, 3.8) is 0 Å². The number of aliphatic hydroxyl groups is 1. The molecule has 0 radical (unpaired) electrons. The first kappa shape index (κ1) is 46.2. The van der Waals surface area contributed by atoms with Gasteiger partial charge in [-0.3, -0.25) is 18.4 Å². The second-order valence-corrected chi connectivity index (χ2v) is 18.1. The van der Waals surface area contributed by atoms with Crippen molar-refractivity contribution in [2.45, 2.75) is 68.5 Å². The van der Waals surface area contributed by atoms with Crippen LogP contribution in [-0.2, 0) is 19.3 Å². The van der Waals surface area contributed by atoms with E-state index in [1.165, 1.54) is 6.20 Å². The molecule has 2 amide bonds. The second-order valence-electron chi connectivity index (χ2n) is 16.2. The maximum Gasteiger partial charge on any atom is 1.00 e. The van der Waals surface area contributed by atoms with Crippen molar-refractivity contribution in [2.75, 3.05) is 45.9 Å². The van der Waals surface area contributed by atoms with E-state index in [0.717, 1.165) is 107 Å². The molecule has 10 rings (SSSR count). The third-order valence-corrected chi connectivity index (χ3v) is 12.2. The molecule has 0 unspecified atom stereocenters. The summed E-state index contributed by atoms with van der Waals surface area (Å²) in [4.78, 5) is 41.3. The average Bonchev–Trinajstić information content (AvgIpc) is 4.22. The van der Waals surface area contributed by atoms with Crippen molar-refractivity contribution in [3.05, 3.63) is 96.8 Å². The number of benzene rings is 2. The zero-order valence-electron chi connectivity index (χ0n) is 36.7. The fourth-order valence-electron chi connectivity index (χ4n) is 7.20. The van der Waals surface area contributed by atoms with Crippen LogP contribution < -0.4 is 44.9 Å². The number of nitrogens with zero attached hydrogens (tertiary/aromatic N) is 6. The Morgan fingerprint density at radius 3 is 1.62 bits per heavy atom. The van der Waals surface area contributed by atoms with Gasteiger partial charge in [0.2, 0.25) is 5.65 Å². The Hall–Kier alpha value is -4.75. The van der Waals surface area contributed by atoms with Gasteiger partial charge in [0.25, 0.3) is 17.7 Å². The summed E-state index contributed by atoms with van der Waals surface area (Å²) in [6.07, 6.45) is 19.6. The number of carbonyl (C=O) groups excluding carboxylic acids is 2. The molecule has 6 heterocycles. The number of rotatable bonds is 11. The van der Waals surface area contributed by atoms with Gasteiger partial charge in [-0.15, -0.1) is 0 Å². The van der Waals surface area contributed by atoms with Crippen LogP contribution in [0.25, 0.3) is 33.8 Å². The van der Waals surface area contributed by atoms with E-state index < -0.39 is 9.84 Å². The standard InChI is InChI=1S/C22H24N4O3.C17H16N4O3S.C6H12O2.Na.H/c27-21(25-18-5-6-18)17-3-1-16(2-4-17)19-13-24-20-22(23-9-10-26(19)20)29-14-15-7-11-28-12-8-15;1-25(23,24)17-15-19-10-14(21(15)9-8-18-17)11-2-4-12(5-3-11)16(22)20-13-6-7-13;7-5-6-1-3-8-4-2-6;;/h1-4,9-10,13,15,18H,5-8,11-12,14H2,(H,25,27);2-5,8-10,13H,6-7H2,1H3,(H,20,22);6-7H,1-5H2;;/q;;;+1;-1. The Labute approximate surface area is 389 Å². The molecule has 4 aliphatic rings. The fraction of sp³-hybridized carbons (Fsp3) is 0.422. The Morgan fingerprint density at radius 2 is 1.16 bits per heavy atom. The maximum absolute atomic E-state index is 12.2. The number of fused-ring (bicyclic) bond motifs is 2. The van der Waals surface area contributed by atoms with Crippen LogP contribution in [0.2, 0.25) is 0 Å². The van der Waals surface area contributed by atoms with Crippen LogP contribution in [0.5, 0.6) is 5.88 Å². The first-order valence-corrected chi connectivity index (χ1v) is 23.1. The third-order valence-electron chi connectivity index (χ3n) is 11.2. The number of carbonyl (C=O) groups is 2. The van der Waals surface area contributed by atoms with E-state index in [1.807, 2.05) is 53.2 Å². The van der Waals surface area contributed by atoms with Gasteiger partial charge in [0.05, 0.1) is 30.4 Å². The molecule has 3 N–H and O–H groups in total. The molecule has 2 saturated carbocycles. The normalized spacial score (nSPS) is 16.8. The van der Waals surface area contributed by atoms with Crippen LogP contribution in [0.3, 0.4) is 0 Å². The molecule has 16 nitrogen and oxygen atoms in total. The van der Waals surface area contributed by atoms with Crippen molar-refractivity contribution < 1.29 is 68.3 Å². The Morgan fingerprint density at radius 1 is 0.698 bits per heavy atom. The van der Waals surface area contributed by atoms with Crippen LogP contribution in [0.4, 0.5) is 0 Å². The van der Waals surface area contributed by atoms with Crippen LogP contribution in [0, 0.1) is 11.8 Å². The Bertz CT molecular complexity index is 2590. The number of nitrogens with one attached hydrogen (secondary N) is 2. The van der Waals surface area contributed by atoms with E-state index in [0.29, 0.717) is 59.8 Å². The van der Waals surface area contributed by atoms with Gasteiger partial charge in [-0.05, 0) is 87.5 Å². The number of ether oxygens (including phenoxy) is 3. The zero-order valence-corrected chi connectivity index (χ0v) is 38.5. The van der Waals surface area contributed by atoms with Gasteiger partial charge in [0.1, 0.15) is 0 Å². The predicted molar refractivity (Wildman–Crippen MR) is 232 cm³/mol. The molecule has 2 saturated heterocycles. The van der Waals surface area contributed by atoms with Gasteiger partial charge in [-0.25, -0.2) is 28.4 Å². The number of hydrogen-bond donors (Lipinski definition) is 3. The summed E-state index contributed by atoms with van der Waals surface area (Å²) in [6, 6.07) is 15.4. The van der Waals surface area contributed by atoms with E-state index in [1.54, 1.807) is 35.1 Å². The quantitative estimate of drug-likeness (QED) is 0.161. The van der Waals surface area contributed by atoms with Crippen molar-refractivity contribution in [2.24, 2.45) is 11.8 Å². The van der Waals surface area contributed by atoms with Gasteiger partial charge < -0.3 is 31.4 Å². The minimum absolute atomic E-state index is 0. The van der Waals surface area contributed by atoms with Gasteiger partial charge in [0, 0.05) is 98.4 Å². The van der Waals surface area contributed by atoms with E-state index in [-0.39, 0.29) is 53.5 Å². The second kappa shape index (κ2) is 21.3. The molecule has 328 valence electrons. The van der Waals surface area contributed by atoms with Gasteiger partial charge in [-0.2, -0.15) is 0 Å². The summed E-state index contributed by atoms with van der Waals surface area (Å²) in [6.45, 7) is 4.24. The molecule has 0 atom stereocenters. The topological polar surface area (TPSA) is 201 Å². The Kier molecular flexibility index (Phi) is 15.6. The summed E-state index contributed by atoms with van der Waals surface area (Å²) in [5.74, 6) is 1.48. The number of aromatic nitrogens is 6. The molecule has 0 bridgehead atoms. The molecule has 4 fully saturated rings. The molecule has 4 aromatic heterocycles. The van der Waals surface area contributed by atoms with Crippen LogP contribution >= 0.6 is 0 Å². The number of hydrogen-bond acceptors (Lipinski definition) is 12. The van der Waals surface area contributed by atoms with E-state index in [9.17, 15) is 18.0 Å². The third kappa shape index (κ3) is 12.1. The average molecular weight is 889 g/mol. The molecule has 2 aliphatic carbocycles. The molecular formula is C45H53N8NaO8S. The largest absolute Gasteiger partial charge is 1.00 e. The maximum atomic E-state index is 12.2. The number of aliphatic hydroxyl groups excluding tert-OH is 1.